The highest BCUT2D eigenvalue weighted by Crippen LogP contribution is 2.18. The van der Waals surface area contributed by atoms with Crippen LogP contribution in [0.5, 0.6) is 0 Å². The molecule has 134 valence electrons. The normalized spacial score (nSPS) is 18.3. The predicted octanol–water partition coefficient (Wildman–Crippen LogP) is -0.336. The number of aromatic nitrogens is 1. The lowest BCUT2D eigenvalue weighted by Gasteiger charge is -2.35. The minimum absolute atomic E-state index is 0.0432. The standard InChI is InChI=1S/C17H23N5O3/c1-14(24)20-8-10-22(11-9-20)17(25)16-12-15(2-3-18-16)21-6-4-19(13-23)5-7-21/h2-3,12-13H,4-11H2,1H3. The van der Waals surface area contributed by atoms with Crippen LogP contribution in [0.25, 0.3) is 0 Å². The van der Waals surface area contributed by atoms with Crippen LogP contribution in [0, 0.1) is 0 Å². The average molecular weight is 345 g/mol. The van der Waals surface area contributed by atoms with Gasteiger partial charge in [-0.15, -0.1) is 0 Å². The van der Waals surface area contributed by atoms with Gasteiger partial charge in [0.1, 0.15) is 5.69 Å². The molecule has 3 amide bonds. The molecule has 0 aliphatic carbocycles. The molecular formula is C17H23N5O3. The van der Waals surface area contributed by atoms with Gasteiger partial charge in [-0.1, -0.05) is 0 Å². The molecule has 8 nitrogen and oxygen atoms in total. The van der Waals surface area contributed by atoms with E-state index in [-0.39, 0.29) is 11.8 Å². The molecule has 2 fully saturated rings. The van der Waals surface area contributed by atoms with Crippen LogP contribution >= 0.6 is 0 Å². The molecule has 3 rings (SSSR count). The lowest BCUT2D eigenvalue weighted by molar-refractivity contribution is -0.130. The fraction of sp³-hybridized carbons (Fsp3) is 0.529. The highest BCUT2D eigenvalue weighted by molar-refractivity contribution is 5.93. The first-order valence-corrected chi connectivity index (χ1v) is 8.53. The van der Waals surface area contributed by atoms with Crippen molar-refractivity contribution >= 4 is 23.9 Å². The maximum absolute atomic E-state index is 12.7. The van der Waals surface area contributed by atoms with E-state index in [4.69, 9.17) is 0 Å². The van der Waals surface area contributed by atoms with E-state index in [1.54, 1.807) is 27.8 Å². The summed E-state index contributed by atoms with van der Waals surface area (Å²) in [6.45, 7) is 6.59. The van der Waals surface area contributed by atoms with Gasteiger partial charge < -0.3 is 19.6 Å². The van der Waals surface area contributed by atoms with Crippen molar-refractivity contribution in [2.75, 3.05) is 57.3 Å². The molecule has 1 aromatic heterocycles. The topological polar surface area (TPSA) is 77.1 Å². The first-order chi connectivity index (χ1) is 12.1. The summed E-state index contributed by atoms with van der Waals surface area (Å²) >= 11 is 0. The van der Waals surface area contributed by atoms with Gasteiger partial charge in [0, 0.05) is 71.2 Å². The summed E-state index contributed by atoms with van der Waals surface area (Å²) in [5, 5.41) is 0. The highest BCUT2D eigenvalue weighted by Gasteiger charge is 2.25. The summed E-state index contributed by atoms with van der Waals surface area (Å²) in [5.74, 6) is -0.0572. The number of piperazine rings is 2. The van der Waals surface area contributed by atoms with Gasteiger partial charge in [-0.3, -0.25) is 19.4 Å². The van der Waals surface area contributed by atoms with E-state index in [1.807, 2.05) is 12.1 Å². The van der Waals surface area contributed by atoms with E-state index < -0.39 is 0 Å². The van der Waals surface area contributed by atoms with Crippen molar-refractivity contribution in [2.45, 2.75) is 6.92 Å². The zero-order valence-electron chi connectivity index (χ0n) is 14.4. The maximum Gasteiger partial charge on any atom is 0.272 e. The Kier molecular flexibility index (Phi) is 5.16. The molecule has 0 unspecified atom stereocenters. The van der Waals surface area contributed by atoms with Crippen LogP contribution < -0.4 is 4.90 Å². The Morgan fingerprint density at radius 2 is 1.64 bits per heavy atom. The van der Waals surface area contributed by atoms with Crippen molar-refractivity contribution in [1.82, 2.24) is 19.7 Å². The summed E-state index contributed by atoms with van der Waals surface area (Å²) in [7, 11) is 0. The summed E-state index contributed by atoms with van der Waals surface area (Å²) in [6.07, 6.45) is 2.53. The molecule has 3 heterocycles. The van der Waals surface area contributed by atoms with Gasteiger partial charge in [0.2, 0.25) is 12.3 Å². The molecule has 1 aromatic rings. The number of hydrogen-bond donors (Lipinski definition) is 0. The van der Waals surface area contributed by atoms with Crippen LogP contribution in [0.1, 0.15) is 17.4 Å². The quantitative estimate of drug-likeness (QED) is 0.701. The van der Waals surface area contributed by atoms with Crippen molar-refractivity contribution in [3.8, 4) is 0 Å². The molecular weight excluding hydrogens is 322 g/mol. The number of anilines is 1. The minimum atomic E-state index is -0.100. The number of amides is 3. The second-order valence-corrected chi connectivity index (χ2v) is 6.33. The molecule has 25 heavy (non-hydrogen) atoms. The van der Waals surface area contributed by atoms with Gasteiger partial charge in [0.15, 0.2) is 0 Å². The largest absolute Gasteiger partial charge is 0.368 e. The lowest BCUT2D eigenvalue weighted by Crippen LogP contribution is -2.50. The van der Waals surface area contributed by atoms with Gasteiger partial charge in [0.05, 0.1) is 0 Å². The van der Waals surface area contributed by atoms with Gasteiger partial charge in [-0.2, -0.15) is 0 Å². The summed E-state index contributed by atoms with van der Waals surface area (Å²) in [5.41, 5.74) is 1.37. The molecule has 8 heteroatoms. The fourth-order valence-electron chi connectivity index (χ4n) is 3.21. The molecule has 0 N–H and O–H groups in total. The molecule has 0 bridgehead atoms. The Bertz CT molecular complexity index is 649. The van der Waals surface area contributed by atoms with Crippen molar-refractivity contribution in [3.63, 3.8) is 0 Å². The van der Waals surface area contributed by atoms with Crippen LogP contribution in [0.15, 0.2) is 18.3 Å². The summed E-state index contributed by atoms with van der Waals surface area (Å²) in [4.78, 5) is 46.5. The Balaban J connectivity index is 1.64. The fourth-order valence-corrected chi connectivity index (χ4v) is 3.21. The molecule has 0 saturated carbocycles. The molecule has 0 atom stereocenters. The third kappa shape index (κ3) is 3.89. The number of carbonyl (C=O) groups excluding carboxylic acids is 3. The first-order valence-electron chi connectivity index (χ1n) is 8.53. The third-order valence-electron chi connectivity index (χ3n) is 4.80. The number of nitrogens with zero attached hydrogens (tertiary/aromatic N) is 5. The van der Waals surface area contributed by atoms with Crippen LogP contribution in [0.4, 0.5) is 5.69 Å². The zero-order valence-corrected chi connectivity index (χ0v) is 14.4. The van der Waals surface area contributed by atoms with E-state index in [0.29, 0.717) is 45.0 Å². The SMILES string of the molecule is CC(=O)N1CCN(C(=O)c2cc(N3CCN(C=O)CC3)ccn2)CC1. The predicted molar refractivity (Wildman–Crippen MR) is 92.2 cm³/mol. The van der Waals surface area contributed by atoms with Crippen molar-refractivity contribution < 1.29 is 14.4 Å². The minimum Gasteiger partial charge on any atom is -0.368 e. The van der Waals surface area contributed by atoms with Gasteiger partial charge in [0.25, 0.3) is 5.91 Å². The number of pyridine rings is 1. The smallest absolute Gasteiger partial charge is 0.272 e. The van der Waals surface area contributed by atoms with Crippen LogP contribution in [-0.4, -0.2) is 90.3 Å². The summed E-state index contributed by atoms with van der Waals surface area (Å²) in [6, 6.07) is 3.71. The van der Waals surface area contributed by atoms with E-state index in [9.17, 15) is 14.4 Å². The van der Waals surface area contributed by atoms with Gasteiger partial charge in [-0.05, 0) is 12.1 Å². The highest BCUT2D eigenvalue weighted by atomic mass is 16.2. The molecule has 0 aromatic carbocycles. The van der Waals surface area contributed by atoms with Crippen molar-refractivity contribution in [3.05, 3.63) is 24.0 Å². The third-order valence-corrected chi connectivity index (χ3v) is 4.80. The Morgan fingerprint density at radius 1 is 1.00 bits per heavy atom. The molecule has 2 aliphatic rings. The molecule has 2 aliphatic heterocycles. The molecule has 2 saturated heterocycles. The first kappa shape index (κ1) is 17.2. The van der Waals surface area contributed by atoms with Crippen LogP contribution in [-0.2, 0) is 9.59 Å². The van der Waals surface area contributed by atoms with Crippen LogP contribution in [0.2, 0.25) is 0 Å². The van der Waals surface area contributed by atoms with Gasteiger partial charge in [-0.25, -0.2) is 0 Å². The maximum atomic E-state index is 12.7. The Labute approximate surface area is 147 Å². The Morgan fingerprint density at radius 3 is 2.24 bits per heavy atom. The molecule has 0 radical (unpaired) electrons. The Hall–Kier alpha value is -2.64. The summed E-state index contributed by atoms with van der Waals surface area (Å²) < 4.78 is 0. The van der Waals surface area contributed by atoms with E-state index in [1.165, 1.54) is 0 Å². The second kappa shape index (κ2) is 7.50. The zero-order chi connectivity index (χ0) is 17.8. The number of rotatable bonds is 3. The second-order valence-electron chi connectivity index (χ2n) is 6.33. The van der Waals surface area contributed by atoms with Crippen molar-refractivity contribution in [2.24, 2.45) is 0 Å². The molecule has 0 spiro atoms. The lowest BCUT2D eigenvalue weighted by atomic mass is 10.2. The number of hydrogen-bond acceptors (Lipinski definition) is 5. The number of carbonyl (C=O) groups is 3. The van der Waals surface area contributed by atoms with E-state index >= 15 is 0 Å². The average Bonchev–Trinajstić information content (AvgIpc) is 2.67. The van der Waals surface area contributed by atoms with E-state index in [2.05, 4.69) is 9.88 Å². The van der Waals surface area contributed by atoms with E-state index in [0.717, 1.165) is 25.2 Å². The van der Waals surface area contributed by atoms with Crippen LogP contribution in [0.3, 0.4) is 0 Å². The monoisotopic (exact) mass is 345 g/mol. The van der Waals surface area contributed by atoms with Crippen molar-refractivity contribution in [1.29, 1.82) is 0 Å². The van der Waals surface area contributed by atoms with Gasteiger partial charge >= 0.3 is 0 Å².